The number of rotatable bonds is 67. The molecule has 0 aliphatic rings. The van der Waals surface area contributed by atoms with Gasteiger partial charge in [0.1, 0.15) is 13.2 Å². The molecular weight excluding hydrogens is 1010 g/mol. The average molecular weight is 1150 g/mol. The first-order valence-electron chi connectivity index (χ1n) is 36.3. The van der Waals surface area contributed by atoms with E-state index in [1.807, 2.05) is 0 Å². The highest BCUT2D eigenvalue weighted by Gasteiger charge is 2.19. The highest BCUT2D eigenvalue weighted by atomic mass is 16.6. The molecule has 0 aromatic heterocycles. The molecule has 0 amide bonds. The zero-order chi connectivity index (χ0) is 59.2. The summed E-state index contributed by atoms with van der Waals surface area (Å²) in [5.74, 6) is -0.854. The van der Waals surface area contributed by atoms with E-state index in [0.717, 1.165) is 89.9 Å². The lowest BCUT2D eigenvalue weighted by atomic mass is 10.0. The minimum atomic E-state index is -0.775. The highest BCUT2D eigenvalue weighted by molar-refractivity contribution is 5.71. The van der Waals surface area contributed by atoms with E-state index < -0.39 is 6.10 Å². The number of esters is 3. The molecule has 0 fully saturated rings. The molecule has 0 rings (SSSR count). The molecule has 6 heteroatoms. The fourth-order valence-corrected chi connectivity index (χ4v) is 10.8. The molecule has 0 saturated carbocycles. The second-order valence-corrected chi connectivity index (χ2v) is 24.5. The molecule has 0 saturated heterocycles. The van der Waals surface area contributed by atoms with E-state index in [1.54, 1.807) is 0 Å². The molecule has 0 heterocycles. The van der Waals surface area contributed by atoms with Gasteiger partial charge in [0.2, 0.25) is 0 Å². The van der Waals surface area contributed by atoms with Crippen LogP contribution >= 0.6 is 0 Å². The first-order chi connectivity index (χ1) is 40.5. The van der Waals surface area contributed by atoms with E-state index in [4.69, 9.17) is 14.2 Å². The van der Waals surface area contributed by atoms with Crippen LogP contribution in [0, 0.1) is 0 Å². The number of ether oxygens (including phenoxy) is 3. The van der Waals surface area contributed by atoms with Crippen molar-refractivity contribution in [1.82, 2.24) is 0 Å². The maximum atomic E-state index is 13.0. The summed E-state index contributed by atoms with van der Waals surface area (Å²) >= 11 is 0. The Balaban J connectivity index is 4.18. The Bertz CT molecular complexity index is 1460. The summed E-state index contributed by atoms with van der Waals surface area (Å²) in [7, 11) is 0. The first kappa shape index (κ1) is 79.1. The fraction of sp³-hybridized carbons (Fsp3) is 0.829. The molecule has 0 aromatic carbocycles. The Hall–Kier alpha value is -2.89. The van der Waals surface area contributed by atoms with Crippen molar-refractivity contribution in [3.05, 3.63) is 60.8 Å². The van der Waals surface area contributed by atoms with E-state index in [2.05, 4.69) is 81.5 Å². The van der Waals surface area contributed by atoms with E-state index in [1.165, 1.54) is 257 Å². The molecule has 0 bridgehead atoms. The summed E-state index contributed by atoms with van der Waals surface area (Å²) in [6.45, 7) is 6.57. The SMILES string of the molecule is CC/C=C\C/C=C\C/C=C\C/C=C\CCCCCCCCCCCCCCCCCCC(=O)OCC(COC(=O)CCCCCCC/C=C\CCCCC)OC(=O)CCCCCCCCCCCCCCCCCCCCCCCCC. The minimum absolute atomic E-state index is 0.0714. The van der Waals surface area contributed by atoms with Gasteiger partial charge >= 0.3 is 17.9 Å². The summed E-state index contributed by atoms with van der Waals surface area (Å²) in [5, 5.41) is 0. The molecule has 82 heavy (non-hydrogen) atoms. The van der Waals surface area contributed by atoms with Gasteiger partial charge in [0.15, 0.2) is 6.10 Å². The molecule has 1 atom stereocenters. The van der Waals surface area contributed by atoms with Crippen LogP contribution in [0.3, 0.4) is 0 Å². The van der Waals surface area contributed by atoms with Gasteiger partial charge in [-0.2, -0.15) is 0 Å². The van der Waals surface area contributed by atoms with E-state index in [9.17, 15) is 14.4 Å². The van der Waals surface area contributed by atoms with Crippen LogP contribution in [0.15, 0.2) is 60.8 Å². The second-order valence-electron chi connectivity index (χ2n) is 24.5. The summed E-state index contributed by atoms with van der Waals surface area (Å²) < 4.78 is 17.0. The van der Waals surface area contributed by atoms with E-state index in [0.29, 0.717) is 19.3 Å². The summed E-state index contributed by atoms with van der Waals surface area (Å²) in [4.78, 5) is 38.4. The maximum Gasteiger partial charge on any atom is 0.306 e. The molecule has 0 spiro atoms. The molecular formula is C76H138O6. The number of hydrogen-bond donors (Lipinski definition) is 0. The van der Waals surface area contributed by atoms with Crippen molar-refractivity contribution < 1.29 is 28.6 Å². The van der Waals surface area contributed by atoms with Crippen LogP contribution in [-0.4, -0.2) is 37.2 Å². The van der Waals surface area contributed by atoms with Gasteiger partial charge in [-0.15, -0.1) is 0 Å². The van der Waals surface area contributed by atoms with Gasteiger partial charge in [0, 0.05) is 19.3 Å². The van der Waals surface area contributed by atoms with Crippen LogP contribution in [0.25, 0.3) is 0 Å². The van der Waals surface area contributed by atoms with Crippen molar-refractivity contribution in [2.75, 3.05) is 13.2 Å². The predicted molar refractivity (Wildman–Crippen MR) is 358 cm³/mol. The van der Waals surface area contributed by atoms with E-state index >= 15 is 0 Å². The zero-order valence-corrected chi connectivity index (χ0v) is 55.0. The zero-order valence-electron chi connectivity index (χ0n) is 55.0. The van der Waals surface area contributed by atoms with Crippen molar-refractivity contribution in [3.8, 4) is 0 Å². The summed E-state index contributed by atoms with van der Waals surface area (Å²) in [5.41, 5.74) is 0. The Labute approximate surface area is 510 Å². The first-order valence-corrected chi connectivity index (χ1v) is 36.3. The number of carbonyl (C=O) groups excluding carboxylic acids is 3. The van der Waals surface area contributed by atoms with Gasteiger partial charge in [-0.1, -0.05) is 345 Å². The molecule has 1 unspecified atom stereocenters. The van der Waals surface area contributed by atoms with Gasteiger partial charge in [-0.05, 0) is 83.5 Å². The second kappa shape index (κ2) is 70.6. The summed E-state index contributed by atoms with van der Waals surface area (Å²) in [6.07, 6.45) is 91.2. The van der Waals surface area contributed by atoms with Gasteiger partial charge in [0.05, 0.1) is 0 Å². The molecule has 6 nitrogen and oxygen atoms in total. The number of hydrogen-bond acceptors (Lipinski definition) is 6. The van der Waals surface area contributed by atoms with Crippen LogP contribution in [0.1, 0.15) is 387 Å². The number of unbranched alkanes of at least 4 members (excludes halogenated alkanes) is 46. The molecule has 0 aromatic rings. The van der Waals surface area contributed by atoms with Gasteiger partial charge in [-0.3, -0.25) is 14.4 Å². The van der Waals surface area contributed by atoms with Crippen molar-refractivity contribution in [1.29, 1.82) is 0 Å². The maximum absolute atomic E-state index is 13.0. The molecule has 0 radical (unpaired) electrons. The third-order valence-corrected chi connectivity index (χ3v) is 16.3. The minimum Gasteiger partial charge on any atom is -0.462 e. The normalized spacial score (nSPS) is 12.4. The Morgan fingerprint density at radius 2 is 0.476 bits per heavy atom. The highest BCUT2D eigenvalue weighted by Crippen LogP contribution is 2.19. The summed E-state index contributed by atoms with van der Waals surface area (Å²) in [6, 6.07) is 0. The van der Waals surface area contributed by atoms with Gasteiger partial charge < -0.3 is 14.2 Å². The Morgan fingerprint density at radius 1 is 0.256 bits per heavy atom. The van der Waals surface area contributed by atoms with Crippen molar-refractivity contribution >= 4 is 17.9 Å². The largest absolute Gasteiger partial charge is 0.462 e. The lowest BCUT2D eigenvalue weighted by molar-refractivity contribution is -0.167. The lowest BCUT2D eigenvalue weighted by Crippen LogP contribution is -2.30. The van der Waals surface area contributed by atoms with Crippen LogP contribution in [0.4, 0.5) is 0 Å². The number of carbonyl (C=O) groups is 3. The topological polar surface area (TPSA) is 78.9 Å². The third-order valence-electron chi connectivity index (χ3n) is 16.3. The third kappa shape index (κ3) is 67.9. The predicted octanol–water partition coefficient (Wildman–Crippen LogP) is 25.1. The fourth-order valence-electron chi connectivity index (χ4n) is 10.8. The van der Waals surface area contributed by atoms with Crippen molar-refractivity contribution in [2.24, 2.45) is 0 Å². The molecule has 478 valence electrons. The molecule has 0 N–H and O–H groups in total. The standard InChI is InChI=1S/C76H138O6/c1-4-7-10-13-16-19-22-25-27-29-31-33-35-36-37-38-39-40-42-43-45-47-49-51-54-57-60-63-66-69-75(78)81-72-73(71-80-74(77)68-65-62-59-56-53-24-21-18-15-12-9-6-3)82-76(79)70-67-64-61-58-55-52-50-48-46-44-41-34-32-30-28-26-23-20-17-14-11-8-5-2/h7,10,16,18-19,21,25,27,31,33,73H,4-6,8-9,11-15,17,20,22-24,26,28-30,32,34-72H2,1-3H3/b10-7-,19-16-,21-18-,27-25-,33-31-. The Kier molecular flexibility index (Phi) is 68.1. The van der Waals surface area contributed by atoms with Crippen LogP contribution in [0.2, 0.25) is 0 Å². The van der Waals surface area contributed by atoms with Crippen LogP contribution < -0.4 is 0 Å². The number of allylic oxidation sites excluding steroid dienone is 10. The van der Waals surface area contributed by atoms with Crippen LogP contribution in [-0.2, 0) is 28.6 Å². The average Bonchev–Trinajstić information content (AvgIpc) is 3.47. The van der Waals surface area contributed by atoms with E-state index in [-0.39, 0.29) is 31.1 Å². The Morgan fingerprint density at radius 3 is 0.780 bits per heavy atom. The van der Waals surface area contributed by atoms with Gasteiger partial charge in [-0.25, -0.2) is 0 Å². The molecule has 0 aliphatic heterocycles. The quantitative estimate of drug-likeness (QED) is 0.0261. The molecule has 0 aliphatic carbocycles. The monoisotopic (exact) mass is 1150 g/mol. The van der Waals surface area contributed by atoms with Crippen molar-refractivity contribution in [3.63, 3.8) is 0 Å². The lowest BCUT2D eigenvalue weighted by Gasteiger charge is -2.18. The smallest absolute Gasteiger partial charge is 0.306 e. The van der Waals surface area contributed by atoms with Crippen molar-refractivity contribution in [2.45, 2.75) is 393 Å². The van der Waals surface area contributed by atoms with Crippen LogP contribution in [0.5, 0.6) is 0 Å². The van der Waals surface area contributed by atoms with Gasteiger partial charge in [0.25, 0.3) is 0 Å².